The van der Waals surface area contributed by atoms with Crippen molar-refractivity contribution >= 4 is 39.2 Å². The second-order valence-corrected chi connectivity index (χ2v) is 7.48. The topological polar surface area (TPSA) is 102 Å². The highest BCUT2D eigenvalue weighted by Crippen LogP contribution is 2.39. The Kier molecular flexibility index (Phi) is 4.64. The summed E-state index contributed by atoms with van der Waals surface area (Å²) in [7, 11) is 2.84. The number of hydrogen-bond donors (Lipinski definition) is 2. The van der Waals surface area contributed by atoms with E-state index in [4.69, 9.17) is 19.3 Å². The third kappa shape index (κ3) is 2.95. The van der Waals surface area contributed by atoms with Gasteiger partial charge in [0, 0.05) is 10.3 Å². The molecule has 1 aliphatic rings. The lowest BCUT2D eigenvalue weighted by atomic mass is 10.1. The zero-order chi connectivity index (χ0) is 19.8. The Morgan fingerprint density at radius 3 is 2.82 bits per heavy atom. The predicted molar refractivity (Wildman–Crippen MR) is 104 cm³/mol. The zero-order valence-corrected chi connectivity index (χ0v) is 16.2. The van der Waals surface area contributed by atoms with E-state index in [1.165, 1.54) is 25.6 Å². The maximum atomic E-state index is 12.9. The number of rotatable bonds is 4. The average molecular weight is 398 g/mol. The van der Waals surface area contributed by atoms with Gasteiger partial charge in [-0.25, -0.2) is 4.79 Å². The van der Waals surface area contributed by atoms with Crippen molar-refractivity contribution < 1.29 is 23.5 Å². The molecule has 0 spiro atoms. The van der Waals surface area contributed by atoms with Gasteiger partial charge in [0.2, 0.25) is 5.55 Å². The van der Waals surface area contributed by atoms with E-state index in [-0.39, 0.29) is 11.1 Å². The van der Waals surface area contributed by atoms with Crippen molar-refractivity contribution in [2.45, 2.75) is 19.3 Å². The third-order valence-corrected chi connectivity index (χ3v) is 5.97. The Balaban J connectivity index is 1.73. The standard InChI is InChI=1S/C20H18N2O5S/c1-25-13-7-3-5-10-9-12(17(21)27-16(10)13)18(23)22-19-15(20(24)26-2)11-6-4-8-14(11)28-19/h3,5,7,9,21H,4,6,8H2,1-2H3,(H,22,23). The molecule has 0 unspecified atom stereocenters. The lowest BCUT2D eigenvalue weighted by Crippen LogP contribution is -2.21. The highest BCUT2D eigenvalue weighted by Gasteiger charge is 2.28. The van der Waals surface area contributed by atoms with Gasteiger partial charge in [-0.2, -0.15) is 0 Å². The number of anilines is 1. The third-order valence-electron chi connectivity index (χ3n) is 4.76. The van der Waals surface area contributed by atoms with Crippen LogP contribution < -0.4 is 15.6 Å². The summed E-state index contributed by atoms with van der Waals surface area (Å²) < 4.78 is 15.7. The molecule has 0 aliphatic heterocycles. The Bertz CT molecular complexity index is 1160. The molecule has 28 heavy (non-hydrogen) atoms. The number of carbonyl (C=O) groups excluding carboxylic acids is 2. The van der Waals surface area contributed by atoms with E-state index in [0.29, 0.717) is 27.3 Å². The van der Waals surface area contributed by atoms with Gasteiger partial charge in [-0.1, -0.05) is 12.1 Å². The number of aryl methyl sites for hydroxylation is 1. The number of hydrogen-bond acceptors (Lipinski definition) is 7. The molecule has 4 rings (SSSR count). The summed E-state index contributed by atoms with van der Waals surface area (Å²) in [6.45, 7) is 0. The van der Waals surface area contributed by atoms with Crippen molar-refractivity contribution in [2.75, 3.05) is 19.5 Å². The number of ether oxygens (including phenoxy) is 2. The monoisotopic (exact) mass is 398 g/mol. The minimum Gasteiger partial charge on any atom is -0.493 e. The first-order valence-electron chi connectivity index (χ1n) is 8.73. The fourth-order valence-electron chi connectivity index (χ4n) is 3.44. The summed E-state index contributed by atoms with van der Waals surface area (Å²) in [6, 6.07) is 6.86. The minimum atomic E-state index is -0.511. The van der Waals surface area contributed by atoms with Crippen LogP contribution in [0.3, 0.4) is 0 Å². The van der Waals surface area contributed by atoms with Crippen molar-refractivity contribution in [3.8, 4) is 5.75 Å². The number of fused-ring (bicyclic) bond motifs is 2. The molecular formula is C20H18N2O5S. The van der Waals surface area contributed by atoms with Gasteiger partial charge in [0.05, 0.1) is 19.8 Å². The second kappa shape index (κ2) is 7.12. The van der Waals surface area contributed by atoms with Crippen molar-refractivity contribution in [1.29, 1.82) is 5.41 Å². The molecule has 8 heteroatoms. The van der Waals surface area contributed by atoms with Crippen LogP contribution in [0.4, 0.5) is 5.00 Å². The summed E-state index contributed by atoms with van der Waals surface area (Å²) >= 11 is 1.39. The maximum absolute atomic E-state index is 12.9. The van der Waals surface area contributed by atoms with E-state index in [1.807, 2.05) is 0 Å². The molecule has 2 heterocycles. The van der Waals surface area contributed by atoms with Crippen molar-refractivity contribution in [3.05, 3.63) is 51.4 Å². The molecule has 1 aromatic carbocycles. The molecule has 7 nitrogen and oxygen atoms in total. The van der Waals surface area contributed by atoms with E-state index >= 15 is 0 Å². The molecule has 144 valence electrons. The number of carbonyl (C=O) groups is 2. The van der Waals surface area contributed by atoms with Crippen LogP contribution in [0.1, 0.15) is 37.6 Å². The van der Waals surface area contributed by atoms with Gasteiger partial charge in [-0.3, -0.25) is 10.2 Å². The molecule has 1 aliphatic carbocycles. The highest BCUT2D eigenvalue weighted by atomic mass is 32.1. The van der Waals surface area contributed by atoms with E-state index in [9.17, 15) is 9.59 Å². The van der Waals surface area contributed by atoms with Crippen LogP contribution in [-0.4, -0.2) is 26.1 Å². The predicted octanol–water partition coefficient (Wildman–Crippen LogP) is 3.51. The van der Waals surface area contributed by atoms with Gasteiger partial charge < -0.3 is 19.2 Å². The number of methoxy groups -OCH3 is 2. The highest BCUT2D eigenvalue weighted by molar-refractivity contribution is 7.17. The number of esters is 1. The molecule has 0 saturated heterocycles. The first-order chi connectivity index (χ1) is 13.5. The number of nitrogens with one attached hydrogen (secondary N) is 2. The lowest BCUT2D eigenvalue weighted by Gasteiger charge is -2.09. The molecule has 2 aromatic heterocycles. The summed E-state index contributed by atoms with van der Waals surface area (Å²) in [5.74, 6) is -0.488. The Labute approximate surface area is 164 Å². The largest absolute Gasteiger partial charge is 0.493 e. The molecular weight excluding hydrogens is 380 g/mol. The molecule has 0 saturated carbocycles. The van der Waals surface area contributed by atoms with Gasteiger partial charge in [0.25, 0.3) is 5.91 Å². The van der Waals surface area contributed by atoms with Gasteiger partial charge >= 0.3 is 5.97 Å². The first kappa shape index (κ1) is 18.2. The van der Waals surface area contributed by atoms with E-state index in [1.54, 1.807) is 24.3 Å². The van der Waals surface area contributed by atoms with Crippen molar-refractivity contribution in [1.82, 2.24) is 0 Å². The molecule has 1 amide bonds. The van der Waals surface area contributed by atoms with Crippen LogP contribution in [0.5, 0.6) is 5.75 Å². The molecule has 0 bridgehead atoms. The fraction of sp³-hybridized carbons (Fsp3) is 0.250. The van der Waals surface area contributed by atoms with Gasteiger partial charge in [-0.05, 0) is 37.0 Å². The van der Waals surface area contributed by atoms with Gasteiger partial charge in [0.1, 0.15) is 10.6 Å². The number of amides is 1. The zero-order valence-electron chi connectivity index (χ0n) is 15.4. The van der Waals surface area contributed by atoms with Crippen LogP contribution >= 0.6 is 11.3 Å². The Hall–Kier alpha value is -3.13. The van der Waals surface area contributed by atoms with E-state index < -0.39 is 11.9 Å². The van der Waals surface area contributed by atoms with Crippen LogP contribution in [0.25, 0.3) is 11.0 Å². The summed E-state index contributed by atoms with van der Waals surface area (Å²) in [4.78, 5) is 26.2. The fourth-order valence-corrected chi connectivity index (χ4v) is 4.72. The lowest BCUT2D eigenvalue weighted by molar-refractivity contribution is 0.0601. The van der Waals surface area contributed by atoms with Crippen LogP contribution in [-0.2, 0) is 17.6 Å². The summed E-state index contributed by atoms with van der Waals surface area (Å²) in [5.41, 5.74) is 1.56. The average Bonchev–Trinajstić information content (AvgIpc) is 3.27. The number of thiophene rings is 1. The maximum Gasteiger partial charge on any atom is 0.341 e. The Morgan fingerprint density at radius 2 is 2.07 bits per heavy atom. The molecule has 0 fully saturated rings. The number of benzene rings is 1. The Morgan fingerprint density at radius 1 is 1.25 bits per heavy atom. The molecule has 3 aromatic rings. The van der Waals surface area contributed by atoms with Crippen LogP contribution in [0, 0.1) is 5.41 Å². The first-order valence-corrected chi connectivity index (χ1v) is 9.54. The molecule has 2 N–H and O–H groups in total. The second-order valence-electron chi connectivity index (χ2n) is 6.37. The normalized spacial score (nSPS) is 12.6. The van der Waals surface area contributed by atoms with Crippen LogP contribution in [0.15, 0.2) is 28.7 Å². The number of para-hydroxylation sites is 1. The van der Waals surface area contributed by atoms with Gasteiger partial charge in [0.15, 0.2) is 11.3 Å². The molecule has 0 radical (unpaired) electrons. The van der Waals surface area contributed by atoms with Crippen molar-refractivity contribution in [2.24, 2.45) is 0 Å². The quantitative estimate of drug-likeness (QED) is 0.655. The SMILES string of the molecule is COC(=O)c1c(NC(=O)c2cc3cccc(OC)c3oc2=N)sc2c1CCC2. The molecule has 0 atom stereocenters. The summed E-state index contributed by atoms with van der Waals surface area (Å²) in [6.07, 6.45) is 2.66. The van der Waals surface area contributed by atoms with Gasteiger partial charge in [-0.15, -0.1) is 11.3 Å². The van der Waals surface area contributed by atoms with Crippen LogP contribution in [0.2, 0.25) is 0 Å². The summed E-state index contributed by atoms with van der Waals surface area (Å²) in [5, 5.41) is 12.0. The van der Waals surface area contributed by atoms with E-state index in [2.05, 4.69) is 5.32 Å². The smallest absolute Gasteiger partial charge is 0.341 e. The minimum absolute atomic E-state index is 0.0742. The van der Waals surface area contributed by atoms with E-state index in [0.717, 1.165) is 29.7 Å². The van der Waals surface area contributed by atoms with Crippen molar-refractivity contribution in [3.63, 3.8) is 0 Å².